The SMILES string of the molecule is CC(C)C1NN(Cc2ccc(F)cc2)C(=O)c2c(O)c(=O)c(C(=O)O)cn21. The van der Waals surface area contributed by atoms with Gasteiger partial charge in [0, 0.05) is 6.20 Å². The number of nitrogens with one attached hydrogen (secondary N) is 1. The molecule has 1 aromatic carbocycles. The molecule has 1 amide bonds. The van der Waals surface area contributed by atoms with Crippen LogP contribution < -0.4 is 10.9 Å². The molecule has 3 N–H and O–H groups in total. The number of carboxylic acid groups (broad SMARTS) is 1. The first-order valence-electron chi connectivity index (χ1n) is 8.24. The van der Waals surface area contributed by atoms with E-state index in [9.17, 15) is 29.0 Å². The number of hydrogen-bond acceptors (Lipinski definition) is 5. The second kappa shape index (κ2) is 6.84. The molecule has 2 heterocycles. The van der Waals surface area contributed by atoms with Crippen molar-refractivity contribution in [1.82, 2.24) is 15.0 Å². The largest absolute Gasteiger partial charge is 0.503 e. The fourth-order valence-electron chi connectivity index (χ4n) is 2.97. The van der Waals surface area contributed by atoms with Gasteiger partial charge in [0.1, 0.15) is 17.5 Å². The predicted octanol–water partition coefficient (Wildman–Crippen LogP) is 1.71. The zero-order valence-corrected chi connectivity index (χ0v) is 14.6. The topological polar surface area (TPSA) is 112 Å². The minimum absolute atomic E-state index is 0.0661. The summed E-state index contributed by atoms with van der Waals surface area (Å²) in [5.74, 6) is -3.61. The molecule has 0 bridgehead atoms. The van der Waals surface area contributed by atoms with Gasteiger partial charge in [-0.2, -0.15) is 0 Å². The molecule has 142 valence electrons. The molecule has 0 radical (unpaired) electrons. The summed E-state index contributed by atoms with van der Waals surface area (Å²) in [6.45, 7) is 3.74. The summed E-state index contributed by atoms with van der Waals surface area (Å²) in [6, 6.07) is 5.56. The summed E-state index contributed by atoms with van der Waals surface area (Å²) in [6.07, 6.45) is 0.479. The average Bonchev–Trinajstić information content (AvgIpc) is 2.61. The number of aromatic carboxylic acids is 1. The lowest BCUT2D eigenvalue weighted by atomic mass is 10.1. The zero-order chi connectivity index (χ0) is 19.9. The molecule has 3 rings (SSSR count). The molecular weight excluding hydrogens is 357 g/mol. The summed E-state index contributed by atoms with van der Waals surface area (Å²) >= 11 is 0. The van der Waals surface area contributed by atoms with Crippen LogP contribution in [0.4, 0.5) is 4.39 Å². The van der Waals surface area contributed by atoms with Crippen molar-refractivity contribution >= 4 is 11.9 Å². The van der Waals surface area contributed by atoms with E-state index in [2.05, 4.69) is 5.43 Å². The summed E-state index contributed by atoms with van der Waals surface area (Å²) in [5.41, 5.74) is 1.59. The van der Waals surface area contributed by atoms with E-state index in [-0.39, 0.29) is 18.2 Å². The number of halogens is 1. The molecule has 0 spiro atoms. The lowest BCUT2D eigenvalue weighted by Gasteiger charge is -2.39. The van der Waals surface area contributed by atoms with Crippen LogP contribution in [0.3, 0.4) is 0 Å². The molecule has 0 saturated heterocycles. The summed E-state index contributed by atoms with van der Waals surface area (Å²) < 4.78 is 14.4. The van der Waals surface area contributed by atoms with Crippen LogP contribution in [0.5, 0.6) is 5.75 Å². The van der Waals surface area contributed by atoms with E-state index in [0.717, 1.165) is 6.20 Å². The Bertz CT molecular complexity index is 968. The van der Waals surface area contributed by atoms with E-state index in [4.69, 9.17) is 0 Å². The third kappa shape index (κ3) is 3.28. The van der Waals surface area contributed by atoms with Crippen LogP contribution in [0.1, 0.15) is 46.4 Å². The van der Waals surface area contributed by atoms with Crippen molar-refractivity contribution in [2.45, 2.75) is 26.6 Å². The first-order chi connectivity index (χ1) is 12.7. The van der Waals surface area contributed by atoms with E-state index in [1.807, 2.05) is 13.8 Å². The average molecular weight is 375 g/mol. The molecule has 1 aliphatic rings. The second-order valence-electron chi connectivity index (χ2n) is 6.62. The highest BCUT2D eigenvalue weighted by molar-refractivity contribution is 5.97. The molecule has 0 aliphatic carbocycles. The van der Waals surface area contributed by atoms with Crippen LogP contribution >= 0.6 is 0 Å². The van der Waals surface area contributed by atoms with E-state index in [1.54, 1.807) is 0 Å². The molecule has 0 fully saturated rings. The Morgan fingerprint density at radius 1 is 1.26 bits per heavy atom. The van der Waals surface area contributed by atoms with Gasteiger partial charge in [0.25, 0.3) is 5.91 Å². The maximum absolute atomic E-state index is 13.1. The zero-order valence-electron chi connectivity index (χ0n) is 14.6. The first-order valence-corrected chi connectivity index (χ1v) is 8.24. The summed E-state index contributed by atoms with van der Waals surface area (Å²) in [5, 5.41) is 20.6. The highest BCUT2D eigenvalue weighted by Gasteiger charge is 2.36. The Kier molecular flexibility index (Phi) is 4.71. The Morgan fingerprint density at radius 2 is 1.89 bits per heavy atom. The van der Waals surface area contributed by atoms with Gasteiger partial charge in [0.15, 0.2) is 11.4 Å². The van der Waals surface area contributed by atoms with Crippen molar-refractivity contribution < 1.29 is 24.2 Å². The molecule has 9 heteroatoms. The third-order valence-electron chi connectivity index (χ3n) is 4.36. The fraction of sp³-hybridized carbons (Fsp3) is 0.278. The first kappa shape index (κ1) is 18.6. The van der Waals surface area contributed by atoms with Gasteiger partial charge >= 0.3 is 5.97 Å². The minimum Gasteiger partial charge on any atom is -0.503 e. The molecular formula is C18H18FN3O5. The highest BCUT2D eigenvalue weighted by Crippen LogP contribution is 2.28. The number of pyridine rings is 1. The third-order valence-corrected chi connectivity index (χ3v) is 4.36. The Morgan fingerprint density at radius 3 is 2.44 bits per heavy atom. The van der Waals surface area contributed by atoms with Crippen LogP contribution in [-0.2, 0) is 6.54 Å². The number of nitrogens with zero attached hydrogens (tertiary/aromatic N) is 2. The van der Waals surface area contributed by atoms with E-state index in [0.29, 0.717) is 5.56 Å². The number of hydrazine groups is 1. The Labute approximate surface area is 153 Å². The lowest BCUT2D eigenvalue weighted by Crippen LogP contribution is -2.53. The molecule has 27 heavy (non-hydrogen) atoms. The number of carbonyl (C=O) groups excluding carboxylic acids is 1. The molecule has 1 unspecified atom stereocenters. The maximum atomic E-state index is 13.1. The van der Waals surface area contributed by atoms with Crippen molar-refractivity contribution in [2.24, 2.45) is 5.92 Å². The smallest absolute Gasteiger partial charge is 0.341 e. The van der Waals surface area contributed by atoms with Gasteiger partial charge in [0.2, 0.25) is 5.43 Å². The van der Waals surface area contributed by atoms with Crippen molar-refractivity contribution in [3.05, 3.63) is 63.3 Å². The van der Waals surface area contributed by atoms with Crippen molar-refractivity contribution in [3.8, 4) is 5.75 Å². The standard InChI is InChI=1S/C18H18FN3O5/c1-9(2)16-20-22(7-10-3-5-11(19)6-4-10)17(25)13-15(24)14(23)12(18(26)27)8-21(13)16/h3-6,8-9,16,20,24H,7H2,1-2H3,(H,26,27). The number of aromatic nitrogens is 1. The number of fused-ring (bicyclic) bond motifs is 1. The van der Waals surface area contributed by atoms with E-state index < -0.39 is 40.6 Å². The van der Waals surface area contributed by atoms with Gasteiger partial charge in [0.05, 0.1) is 6.54 Å². The van der Waals surface area contributed by atoms with Gasteiger partial charge in [-0.1, -0.05) is 26.0 Å². The normalized spacial score (nSPS) is 16.5. The van der Waals surface area contributed by atoms with Gasteiger partial charge < -0.3 is 14.8 Å². The van der Waals surface area contributed by atoms with Crippen LogP contribution in [0, 0.1) is 11.7 Å². The molecule has 0 saturated carbocycles. The number of carboxylic acids is 1. The molecule has 2 aromatic rings. The van der Waals surface area contributed by atoms with Gasteiger partial charge in [-0.3, -0.25) is 14.6 Å². The van der Waals surface area contributed by atoms with Crippen molar-refractivity contribution in [3.63, 3.8) is 0 Å². The minimum atomic E-state index is -1.49. The van der Waals surface area contributed by atoms with Crippen LogP contribution in [0.25, 0.3) is 0 Å². The number of hydrogen-bond donors (Lipinski definition) is 3. The monoisotopic (exact) mass is 375 g/mol. The maximum Gasteiger partial charge on any atom is 0.341 e. The van der Waals surface area contributed by atoms with E-state index in [1.165, 1.54) is 33.8 Å². The van der Waals surface area contributed by atoms with Crippen molar-refractivity contribution in [1.29, 1.82) is 0 Å². The predicted molar refractivity (Wildman–Crippen MR) is 92.6 cm³/mol. The van der Waals surface area contributed by atoms with Crippen LogP contribution in [-0.4, -0.2) is 31.7 Å². The number of amides is 1. The van der Waals surface area contributed by atoms with E-state index >= 15 is 0 Å². The Hall–Kier alpha value is -3.20. The lowest BCUT2D eigenvalue weighted by molar-refractivity contribution is 0.0362. The molecule has 8 nitrogen and oxygen atoms in total. The number of rotatable bonds is 4. The molecule has 1 atom stereocenters. The number of aromatic hydroxyl groups is 1. The van der Waals surface area contributed by atoms with Gasteiger partial charge in [-0.05, 0) is 23.6 Å². The van der Waals surface area contributed by atoms with Crippen molar-refractivity contribution in [2.75, 3.05) is 0 Å². The van der Waals surface area contributed by atoms with Crippen LogP contribution in [0.15, 0.2) is 35.3 Å². The second-order valence-corrected chi connectivity index (χ2v) is 6.62. The molecule has 1 aliphatic heterocycles. The summed E-state index contributed by atoms with van der Waals surface area (Å²) in [4.78, 5) is 36.2. The van der Waals surface area contributed by atoms with Gasteiger partial charge in [-0.15, -0.1) is 0 Å². The Balaban J connectivity index is 2.09. The quantitative estimate of drug-likeness (QED) is 0.750. The fourth-order valence-corrected chi connectivity index (χ4v) is 2.97. The number of benzene rings is 1. The van der Waals surface area contributed by atoms with Gasteiger partial charge in [-0.25, -0.2) is 14.6 Å². The number of carbonyl (C=O) groups is 2. The van der Waals surface area contributed by atoms with Crippen LogP contribution in [0.2, 0.25) is 0 Å². The molecule has 1 aromatic heterocycles. The summed E-state index contributed by atoms with van der Waals surface area (Å²) in [7, 11) is 0. The highest BCUT2D eigenvalue weighted by atomic mass is 19.1.